The van der Waals surface area contributed by atoms with Gasteiger partial charge in [-0.1, -0.05) is 12.1 Å². The van der Waals surface area contributed by atoms with E-state index in [4.69, 9.17) is 4.74 Å². The molecule has 94 valence electrons. The number of ether oxygens (including phenoxy) is 1. The molecule has 0 radical (unpaired) electrons. The molecule has 17 heavy (non-hydrogen) atoms. The van der Waals surface area contributed by atoms with Crippen LogP contribution >= 0.6 is 0 Å². The highest BCUT2D eigenvalue weighted by Crippen LogP contribution is 2.24. The fourth-order valence-corrected chi connectivity index (χ4v) is 2.30. The van der Waals surface area contributed by atoms with Crippen LogP contribution in [0.15, 0.2) is 24.3 Å². The van der Waals surface area contributed by atoms with Crippen molar-refractivity contribution >= 4 is 5.69 Å². The molecule has 3 heteroatoms. The number of para-hydroxylation sites is 2. The monoisotopic (exact) mass is 234 g/mol. The van der Waals surface area contributed by atoms with Crippen LogP contribution in [0.25, 0.3) is 0 Å². The molecule has 1 aromatic rings. The van der Waals surface area contributed by atoms with Gasteiger partial charge in [0.05, 0.1) is 12.3 Å². The third-order valence-electron chi connectivity index (χ3n) is 3.40. The number of benzene rings is 1. The Morgan fingerprint density at radius 2 is 2.06 bits per heavy atom. The van der Waals surface area contributed by atoms with E-state index in [2.05, 4.69) is 10.6 Å². The van der Waals surface area contributed by atoms with Gasteiger partial charge in [0.2, 0.25) is 0 Å². The molecule has 1 saturated heterocycles. The SMILES string of the molecule is CNc1ccccc1OCCC1CCNCC1. The van der Waals surface area contributed by atoms with Crippen LogP contribution in [0.5, 0.6) is 5.75 Å². The van der Waals surface area contributed by atoms with Gasteiger partial charge in [-0.05, 0) is 50.4 Å². The molecule has 1 aromatic carbocycles. The second-order valence-corrected chi connectivity index (χ2v) is 4.58. The Labute approximate surface area is 104 Å². The van der Waals surface area contributed by atoms with Crippen LogP contribution in [0.2, 0.25) is 0 Å². The van der Waals surface area contributed by atoms with E-state index in [-0.39, 0.29) is 0 Å². The summed E-state index contributed by atoms with van der Waals surface area (Å²) in [5.74, 6) is 1.79. The smallest absolute Gasteiger partial charge is 0.142 e. The largest absolute Gasteiger partial charge is 0.491 e. The highest BCUT2D eigenvalue weighted by molar-refractivity contribution is 5.55. The van der Waals surface area contributed by atoms with E-state index in [0.717, 1.165) is 37.1 Å². The van der Waals surface area contributed by atoms with E-state index in [0.29, 0.717) is 0 Å². The fourth-order valence-electron chi connectivity index (χ4n) is 2.30. The van der Waals surface area contributed by atoms with E-state index >= 15 is 0 Å². The Kier molecular flexibility index (Phi) is 4.68. The van der Waals surface area contributed by atoms with Crippen LogP contribution in [-0.2, 0) is 0 Å². The molecule has 0 spiro atoms. The van der Waals surface area contributed by atoms with E-state index in [1.54, 1.807) is 0 Å². The van der Waals surface area contributed by atoms with Crippen LogP contribution in [0, 0.1) is 5.92 Å². The Hall–Kier alpha value is -1.22. The molecule has 3 nitrogen and oxygen atoms in total. The first-order valence-electron chi connectivity index (χ1n) is 6.50. The van der Waals surface area contributed by atoms with Crippen LogP contribution in [-0.4, -0.2) is 26.7 Å². The van der Waals surface area contributed by atoms with Gasteiger partial charge in [0.25, 0.3) is 0 Å². The zero-order chi connectivity index (χ0) is 11.9. The lowest BCUT2D eigenvalue weighted by Gasteiger charge is -2.22. The number of anilines is 1. The molecule has 0 unspecified atom stereocenters. The third-order valence-corrected chi connectivity index (χ3v) is 3.40. The number of nitrogens with one attached hydrogen (secondary N) is 2. The first-order chi connectivity index (χ1) is 8.40. The molecule has 0 aliphatic carbocycles. The Bertz CT molecular complexity index is 335. The van der Waals surface area contributed by atoms with Crippen molar-refractivity contribution in [2.24, 2.45) is 5.92 Å². The molecule has 0 amide bonds. The number of piperidine rings is 1. The summed E-state index contributed by atoms with van der Waals surface area (Å²) in [6.07, 6.45) is 3.74. The maximum Gasteiger partial charge on any atom is 0.142 e. The lowest BCUT2D eigenvalue weighted by atomic mass is 9.95. The summed E-state index contributed by atoms with van der Waals surface area (Å²) in [5, 5.41) is 6.54. The molecule has 2 N–H and O–H groups in total. The second-order valence-electron chi connectivity index (χ2n) is 4.58. The second kappa shape index (κ2) is 6.50. The molecule has 0 saturated carbocycles. The summed E-state index contributed by atoms with van der Waals surface area (Å²) in [4.78, 5) is 0. The van der Waals surface area contributed by atoms with E-state index < -0.39 is 0 Å². The summed E-state index contributed by atoms with van der Waals surface area (Å²) in [6, 6.07) is 8.10. The number of hydrogen-bond acceptors (Lipinski definition) is 3. The molecular weight excluding hydrogens is 212 g/mol. The van der Waals surface area contributed by atoms with Gasteiger partial charge in [0.15, 0.2) is 0 Å². The van der Waals surface area contributed by atoms with Gasteiger partial charge in [0.1, 0.15) is 5.75 Å². The van der Waals surface area contributed by atoms with Crippen LogP contribution in [0.1, 0.15) is 19.3 Å². The maximum absolute atomic E-state index is 5.85. The molecule has 0 atom stereocenters. The average molecular weight is 234 g/mol. The number of hydrogen-bond donors (Lipinski definition) is 2. The summed E-state index contributed by atoms with van der Waals surface area (Å²) in [7, 11) is 1.93. The van der Waals surface area contributed by atoms with Crippen molar-refractivity contribution < 1.29 is 4.74 Å². The van der Waals surface area contributed by atoms with Crippen molar-refractivity contribution in [3.05, 3.63) is 24.3 Å². The average Bonchev–Trinajstić information content (AvgIpc) is 2.40. The molecular formula is C14H22N2O. The molecule has 1 aliphatic rings. The summed E-state index contributed by atoms with van der Waals surface area (Å²) < 4.78 is 5.85. The Morgan fingerprint density at radius 3 is 2.82 bits per heavy atom. The van der Waals surface area contributed by atoms with Crippen molar-refractivity contribution in [1.29, 1.82) is 0 Å². The highest BCUT2D eigenvalue weighted by Gasteiger charge is 2.12. The molecule has 0 bridgehead atoms. The minimum Gasteiger partial charge on any atom is -0.491 e. The zero-order valence-corrected chi connectivity index (χ0v) is 10.5. The molecule has 2 rings (SSSR count). The van der Waals surface area contributed by atoms with Gasteiger partial charge in [-0.2, -0.15) is 0 Å². The molecule has 0 aromatic heterocycles. The lowest BCUT2D eigenvalue weighted by molar-refractivity contribution is 0.252. The van der Waals surface area contributed by atoms with Crippen LogP contribution < -0.4 is 15.4 Å². The van der Waals surface area contributed by atoms with Gasteiger partial charge in [-0.15, -0.1) is 0 Å². The van der Waals surface area contributed by atoms with Gasteiger partial charge in [0, 0.05) is 7.05 Å². The van der Waals surface area contributed by atoms with Crippen molar-refractivity contribution in [2.45, 2.75) is 19.3 Å². The summed E-state index contributed by atoms with van der Waals surface area (Å²) in [5.41, 5.74) is 1.07. The summed E-state index contributed by atoms with van der Waals surface area (Å²) >= 11 is 0. The molecule has 1 heterocycles. The van der Waals surface area contributed by atoms with Crippen molar-refractivity contribution in [3.63, 3.8) is 0 Å². The topological polar surface area (TPSA) is 33.3 Å². The Balaban J connectivity index is 1.77. The predicted molar refractivity (Wildman–Crippen MR) is 71.7 cm³/mol. The Morgan fingerprint density at radius 1 is 1.29 bits per heavy atom. The minimum absolute atomic E-state index is 0.823. The first kappa shape index (κ1) is 12.2. The normalized spacial score (nSPS) is 16.8. The quantitative estimate of drug-likeness (QED) is 0.821. The standard InChI is InChI=1S/C14H22N2O/c1-15-13-4-2-3-5-14(13)17-11-8-12-6-9-16-10-7-12/h2-5,12,15-16H,6-11H2,1H3. The lowest BCUT2D eigenvalue weighted by Crippen LogP contribution is -2.28. The van der Waals surface area contributed by atoms with Crippen LogP contribution in [0.4, 0.5) is 5.69 Å². The van der Waals surface area contributed by atoms with E-state index in [1.165, 1.54) is 19.3 Å². The van der Waals surface area contributed by atoms with Crippen molar-refractivity contribution in [1.82, 2.24) is 5.32 Å². The number of rotatable bonds is 5. The van der Waals surface area contributed by atoms with Gasteiger partial charge >= 0.3 is 0 Å². The predicted octanol–water partition coefficient (Wildman–Crippen LogP) is 2.50. The third kappa shape index (κ3) is 3.63. The highest BCUT2D eigenvalue weighted by atomic mass is 16.5. The van der Waals surface area contributed by atoms with E-state index in [9.17, 15) is 0 Å². The van der Waals surface area contributed by atoms with Gasteiger partial charge in [-0.3, -0.25) is 0 Å². The van der Waals surface area contributed by atoms with Crippen molar-refractivity contribution in [2.75, 3.05) is 32.1 Å². The maximum atomic E-state index is 5.85. The fraction of sp³-hybridized carbons (Fsp3) is 0.571. The van der Waals surface area contributed by atoms with Crippen molar-refractivity contribution in [3.8, 4) is 5.75 Å². The van der Waals surface area contributed by atoms with Crippen LogP contribution in [0.3, 0.4) is 0 Å². The first-order valence-corrected chi connectivity index (χ1v) is 6.50. The minimum atomic E-state index is 0.823. The molecule has 1 fully saturated rings. The van der Waals surface area contributed by atoms with E-state index in [1.807, 2.05) is 31.3 Å². The zero-order valence-electron chi connectivity index (χ0n) is 10.5. The van der Waals surface area contributed by atoms with Gasteiger partial charge in [-0.25, -0.2) is 0 Å². The summed E-state index contributed by atoms with van der Waals surface area (Å²) in [6.45, 7) is 3.15. The van der Waals surface area contributed by atoms with Gasteiger partial charge < -0.3 is 15.4 Å². The molecule has 1 aliphatic heterocycles.